The number of fused-ring (bicyclic) bond motifs is 3. The molecule has 0 aromatic carbocycles. The van der Waals surface area contributed by atoms with Crippen molar-refractivity contribution in [2.24, 2.45) is 15.9 Å². The Kier molecular flexibility index (Phi) is 4.84. The van der Waals surface area contributed by atoms with Gasteiger partial charge in [-0.1, -0.05) is 26.0 Å². The number of aromatic nitrogens is 3. The molecule has 0 saturated carbocycles. The topological polar surface area (TPSA) is 75.7 Å². The van der Waals surface area contributed by atoms with Gasteiger partial charge in [-0.05, 0) is 24.0 Å². The van der Waals surface area contributed by atoms with Gasteiger partial charge in [-0.2, -0.15) is 4.39 Å². The molecule has 5 rings (SSSR count). The molecular formula is C23H23FN6O. The zero-order chi connectivity index (χ0) is 21.5. The van der Waals surface area contributed by atoms with Gasteiger partial charge in [0.05, 0.1) is 17.1 Å². The van der Waals surface area contributed by atoms with E-state index in [1.807, 2.05) is 22.9 Å². The smallest absolute Gasteiger partial charge is 0.248 e. The molecule has 2 aromatic heterocycles. The standard InChI is InChI=1S/C23H23FN6O/c1-14(2)18-12-29(13-28-18)21-9-19-23-17(6-8-30(19)22(31)11-27-21)16(5-7-25-23)15-3-4-20(24)26-10-15/h3-5,7,9-10,12-14,16-17H,6,8,11H2,1-2H3. The summed E-state index contributed by atoms with van der Waals surface area (Å²) in [5.41, 5.74) is 3.54. The van der Waals surface area contributed by atoms with Crippen molar-refractivity contribution in [1.29, 1.82) is 0 Å². The van der Waals surface area contributed by atoms with Gasteiger partial charge in [-0.15, -0.1) is 0 Å². The maximum atomic E-state index is 13.3. The summed E-state index contributed by atoms with van der Waals surface area (Å²) in [5.74, 6) is 0.551. The van der Waals surface area contributed by atoms with Crippen molar-refractivity contribution in [3.63, 3.8) is 0 Å². The molecule has 3 aliphatic heterocycles. The van der Waals surface area contributed by atoms with Crippen molar-refractivity contribution >= 4 is 17.5 Å². The number of hydrogen-bond acceptors (Lipinski definition) is 5. The van der Waals surface area contributed by atoms with Crippen LogP contribution in [-0.2, 0) is 4.79 Å². The summed E-state index contributed by atoms with van der Waals surface area (Å²) in [6.45, 7) is 4.86. The maximum Gasteiger partial charge on any atom is 0.248 e. The number of rotatable bonds is 2. The van der Waals surface area contributed by atoms with E-state index in [2.05, 4.69) is 33.8 Å². The summed E-state index contributed by atoms with van der Waals surface area (Å²) in [6, 6.07) is 3.15. The van der Waals surface area contributed by atoms with Crippen LogP contribution >= 0.6 is 0 Å². The van der Waals surface area contributed by atoms with E-state index in [4.69, 9.17) is 0 Å². The Morgan fingerprint density at radius 3 is 2.84 bits per heavy atom. The van der Waals surface area contributed by atoms with Crippen molar-refractivity contribution in [1.82, 2.24) is 19.4 Å². The Morgan fingerprint density at radius 2 is 2.10 bits per heavy atom. The van der Waals surface area contributed by atoms with Gasteiger partial charge < -0.3 is 4.90 Å². The molecule has 2 atom stereocenters. The molecule has 8 heteroatoms. The van der Waals surface area contributed by atoms with Crippen LogP contribution in [0, 0.1) is 11.9 Å². The normalized spacial score (nSPS) is 23.0. The highest BCUT2D eigenvalue weighted by atomic mass is 19.1. The molecule has 0 aliphatic carbocycles. The summed E-state index contributed by atoms with van der Waals surface area (Å²) in [6.07, 6.45) is 11.8. The molecule has 0 N–H and O–H groups in total. The monoisotopic (exact) mass is 418 g/mol. The lowest BCUT2D eigenvalue weighted by molar-refractivity contribution is -0.127. The highest BCUT2D eigenvalue weighted by Gasteiger charge is 2.39. The minimum Gasteiger partial charge on any atom is -0.309 e. The third-order valence-corrected chi connectivity index (χ3v) is 6.05. The van der Waals surface area contributed by atoms with Crippen LogP contribution in [0.25, 0.3) is 0 Å². The zero-order valence-electron chi connectivity index (χ0n) is 17.4. The fraction of sp³-hybridized carbons (Fsp3) is 0.348. The zero-order valence-corrected chi connectivity index (χ0v) is 17.4. The van der Waals surface area contributed by atoms with E-state index in [1.54, 1.807) is 29.7 Å². The highest BCUT2D eigenvalue weighted by Crippen LogP contribution is 2.38. The number of nitrogens with zero attached hydrogens (tertiary/aromatic N) is 6. The summed E-state index contributed by atoms with van der Waals surface area (Å²) in [5, 5.41) is 0. The minimum atomic E-state index is -0.494. The molecule has 2 unspecified atom stereocenters. The first-order valence-corrected chi connectivity index (χ1v) is 10.5. The fourth-order valence-corrected chi connectivity index (χ4v) is 4.37. The molecule has 2 aromatic rings. The van der Waals surface area contributed by atoms with E-state index < -0.39 is 5.95 Å². The Bertz CT molecular complexity index is 1140. The van der Waals surface area contributed by atoms with E-state index in [0.29, 0.717) is 18.3 Å². The third-order valence-electron chi connectivity index (χ3n) is 6.05. The maximum absolute atomic E-state index is 13.3. The summed E-state index contributed by atoms with van der Waals surface area (Å²) >= 11 is 0. The Morgan fingerprint density at radius 1 is 1.23 bits per heavy atom. The van der Waals surface area contributed by atoms with E-state index in [-0.39, 0.29) is 24.3 Å². The third kappa shape index (κ3) is 3.52. The van der Waals surface area contributed by atoms with E-state index in [0.717, 1.165) is 29.1 Å². The van der Waals surface area contributed by atoms with Crippen LogP contribution in [-0.4, -0.2) is 50.0 Å². The summed E-state index contributed by atoms with van der Waals surface area (Å²) in [7, 11) is 0. The molecule has 0 radical (unpaired) electrons. The van der Waals surface area contributed by atoms with Gasteiger partial charge >= 0.3 is 0 Å². The van der Waals surface area contributed by atoms with Crippen molar-refractivity contribution in [2.75, 3.05) is 13.1 Å². The number of piperidine rings is 1. The summed E-state index contributed by atoms with van der Waals surface area (Å²) < 4.78 is 15.2. The molecule has 7 nitrogen and oxygen atoms in total. The highest BCUT2D eigenvalue weighted by molar-refractivity contribution is 6.12. The number of aliphatic imine (C=N–C) groups is 2. The number of halogens is 1. The number of amides is 1. The predicted molar refractivity (Wildman–Crippen MR) is 115 cm³/mol. The predicted octanol–water partition coefficient (Wildman–Crippen LogP) is 3.29. The molecule has 5 heterocycles. The molecule has 1 saturated heterocycles. The van der Waals surface area contributed by atoms with E-state index in [9.17, 15) is 9.18 Å². The van der Waals surface area contributed by atoms with Gasteiger partial charge in [0.1, 0.15) is 18.7 Å². The number of carbonyl (C=O) groups excluding carboxylic acids is 1. The molecule has 0 spiro atoms. The number of carbonyl (C=O) groups is 1. The number of allylic oxidation sites excluding steroid dienone is 3. The van der Waals surface area contributed by atoms with Crippen LogP contribution in [0.5, 0.6) is 0 Å². The van der Waals surface area contributed by atoms with Gasteiger partial charge in [-0.3, -0.25) is 19.3 Å². The molecule has 158 valence electrons. The largest absolute Gasteiger partial charge is 0.309 e. The van der Waals surface area contributed by atoms with Gasteiger partial charge in [0.25, 0.3) is 0 Å². The van der Waals surface area contributed by atoms with Crippen molar-refractivity contribution in [3.05, 3.63) is 72.1 Å². The molecule has 1 fully saturated rings. The lowest BCUT2D eigenvalue weighted by Gasteiger charge is -2.39. The second-order valence-electron chi connectivity index (χ2n) is 8.30. The lowest BCUT2D eigenvalue weighted by atomic mass is 9.76. The summed E-state index contributed by atoms with van der Waals surface area (Å²) in [4.78, 5) is 32.1. The van der Waals surface area contributed by atoms with Gasteiger partial charge in [-0.25, -0.2) is 9.97 Å². The molecule has 3 aliphatic rings. The molecule has 31 heavy (non-hydrogen) atoms. The molecular weight excluding hydrogens is 395 g/mol. The minimum absolute atomic E-state index is 0.0307. The number of imidazole rings is 1. The van der Waals surface area contributed by atoms with Crippen LogP contribution in [0.3, 0.4) is 0 Å². The number of hydrogen-bond donors (Lipinski definition) is 0. The average Bonchev–Trinajstić information content (AvgIpc) is 3.20. The van der Waals surface area contributed by atoms with Gasteiger partial charge in [0.15, 0.2) is 0 Å². The second-order valence-corrected chi connectivity index (χ2v) is 8.30. The van der Waals surface area contributed by atoms with Gasteiger partial charge in [0, 0.05) is 43.1 Å². The Labute approximate surface area is 179 Å². The SMILES string of the molecule is CC(C)c1cn(C2=NCC(=O)N3CCC4C(=NC=CC4c4ccc(F)nc4)C3=C2)cn1. The average molecular weight is 418 g/mol. The van der Waals surface area contributed by atoms with Gasteiger partial charge in [0.2, 0.25) is 11.9 Å². The van der Waals surface area contributed by atoms with Crippen molar-refractivity contribution in [2.45, 2.75) is 32.1 Å². The van der Waals surface area contributed by atoms with E-state index in [1.165, 1.54) is 6.07 Å². The van der Waals surface area contributed by atoms with Crippen molar-refractivity contribution in [3.8, 4) is 0 Å². The first-order valence-electron chi connectivity index (χ1n) is 10.5. The van der Waals surface area contributed by atoms with E-state index >= 15 is 0 Å². The number of pyridine rings is 1. The van der Waals surface area contributed by atoms with Crippen LogP contribution in [0.15, 0.2) is 64.9 Å². The molecule has 1 amide bonds. The molecule has 0 bridgehead atoms. The van der Waals surface area contributed by atoms with Crippen LogP contribution in [0.4, 0.5) is 4.39 Å². The van der Waals surface area contributed by atoms with Crippen LogP contribution in [0.2, 0.25) is 0 Å². The van der Waals surface area contributed by atoms with Crippen LogP contribution in [0.1, 0.15) is 43.4 Å². The second kappa shape index (κ2) is 7.68. The lowest BCUT2D eigenvalue weighted by Crippen LogP contribution is -2.45. The Hall–Kier alpha value is -3.42. The first kappa shape index (κ1) is 19.5. The van der Waals surface area contributed by atoms with Crippen molar-refractivity contribution < 1.29 is 9.18 Å². The van der Waals surface area contributed by atoms with Crippen LogP contribution < -0.4 is 0 Å². The first-order chi connectivity index (χ1) is 15.0. The quantitative estimate of drug-likeness (QED) is 0.703. The Balaban J connectivity index is 1.53. The fourth-order valence-electron chi connectivity index (χ4n) is 4.37.